The van der Waals surface area contributed by atoms with Gasteiger partial charge >= 0.3 is 0 Å². The van der Waals surface area contributed by atoms with Crippen molar-refractivity contribution in [3.8, 4) is 22.3 Å². The fourth-order valence-electron chi connectivity index (χ4n) is 3.44. The lowest BCUT2D eigenvalue weighted by Crippen LogP contribution is -2.38. The van der Waals surface area contributed by atoms with Crippen LogP contribution in [-0.4, -0.2) is 27.5 Å². The Balaban J connectivity index is 2.07. The van der Waals surface area contributed by atoms with E-state index < -0.39 is 24.0 Å². The van der Waals surface area contributed by atoms with Crippen LogP contribution in [0.3, 0.4) is 0 Å². The van der Waals surface area contributed by atoms with Gasteiger partial charge in [-0.1, -0.05) is 61.2 Å². The molecule has 6 nitrogen and oxygen atoms in total. The molecule has 156 valence electrons. The number of aliphatic hydroxyl groups excluding tert-OH is 2. The monoisotopic (exact) mass is 405 g/mol. The molecule has 0 bridgehead atoms. The van der Waals surface area contributed by atoms with Crippen LogP contribution >= 0.6 is 0 Å². The standard InChI is InChI=1S/C24H27N3O3/c1-16(29)24(30,15-28)14-23(25)22-13-19(17-7-10-20(27-26)11-8-17)9-12-21(22)18-5-3-2-4-6-18/h2-13,23,27-30H,1,14-15,25-26H2. The van der Waals surface area contributed by atoms with Gasteiger partial charge in [0.2, 0.25) is 0 Å². The lowest BCUT2D eigenvalue weighted by atomic mass is 9.85. The number of aliphatic hydroxyl groups is 3. The highest BCUT2D eigenvalue weighted by molar-refractivity contribution is 5.75. The summed E-state index contributed by atoms with van der Waals surface area (Å²) in [6.07, 6.45) is -0.0852. The molecule has 0 fully saturated rings. The highest BCUT2D eigenvalue weighted by Gasteiger charge is 2.33. The predicted octanol–water partition coefficient (Wildman–Crippen LogP) is 3.49. The molecule has 0 amide bonds. The van der Waals surface area contributed by atoms with E-state index in [-0.39, 0.29) is 6.42 Å². The van der Waals surface area contributed by atoms with Gasteiger partial charge in [0.05, 0.1) is 6.61 Å². The molecular weight excluding hydrogens is 378 g/mol. The van der Waals surface area contributed by atoms with Gasteiger partial charge in [0.25, 0.3) is 0 Å². The zero-order valence-corrected chi connectivity index (χ0v) is 16.6. The molecule has 0 aliphatic carbocycles. The van der Waals surface area contributed by atoms with E-state index in [4.69, 9.17) is 11.6 Å². The van der Waals surface area contributed by atoms with E-state index >= 15 is 0 Å². The minimum Gasteiger partial charge on any atom is -0.510 e. The topological polar surface area (TPSA) is 125 Å². The van der Waals surface area contributed by atoms with Crippen molar-refractivity contribution in [1.29, 1.82) is 0 Å². The second kappa shape index (κ2) is 9.11. The molecule has 30 heavy (non-hydrogen) atoms. The fourth-order valence-corrected chi connectivity index (χ4v) is 3.44. The maximum absolute atomic E-state index is 10.5. The minimum absolute atomic E-state index is 0.0852. The number of hydrogen-bond donors (Lipinski definition) is 6. The molecule has 0 aromatic heterocycles. The summed E-state index contributed by atoms with van der Waals surface area (Å²) in [5.41, 5.74) is 12.6. The van der Waals surface area contributed by atoms with E-state index in [9.17, 15) is 15.3 Å². The smallest absolute Gasteiger partial charge is 0.145 e. The first-order valence-electron chi connectivity index (χ1n) is 9.61. The van der Waals surface area contributed by atoms with Crippen LogP contribution in [0.15, 0.2) is 85.1 Å². The van der Waals surface area contributed by atoms with Gasteiger partial charge in [-0.2, -0.15) is 0 Å². The van der Waals surface area contributed by atoms with Gasteiger partial charge in [-0.25, -0.2) is 0 Å². The van der Waals surface area contributed by atoms with E-state index in [1.165, 1.54) is 0 Å². The van der Waals surface area contributed by atoms with Gasteiger partial charge in [0, 0.05) is 18.2 Å². The van der Waals surface area contributed by atoms with Gasteiger partial charge in [-0.15, -0.1) is 0 Å². The maximum atomic E-state index is 10.5. The van der Waals surface area contributed by atoms with Gasteiger partial charge in [-0.05, 0) is 46.0 Å². The van der Waals surface area contributed by atoms with Crippen molar-refractivity contribution in [2.24, 2.45) is 11.6 Å². The van der Waals surface area contributed by atoms with Crippen molar-refractivity contribution in [1.82, 2.24) is 0 Å². The molecule has 3 aromatic rings. The van der Waals surface area contributed by atoms with Crippen molar-refractivity contribution < 1.29 is 15.3 Å². The number of nitrogens with one attached hydrogen (secondary N) is 1. The molecule has 0 aliphatic rings. The molecule has 0 saturated carbocycles. The molecule has 6 heteroatoms. The van der Waals surface area contributed by atoms with Crippen LogP contribution in [-0.2, 0) is 0 Å². The van der Waals surface area contributed by atoms with Crippen LogP contribution < -0.4 is 17.0 Å². The molecular formula is C24H27N3O3. The van der Waals surface area contributed by atoms with E-state index in [1.807, 2.05) is 72.8 Å². The summed E-state index contributed by atoms with van der Waals surface area (Å²) in [6, 6.07) is 22.7. The Hall–Kier alpha value is -3.16. The molecule has 8 N–H and O–H groups in total. The first-order valence-corrected chi connectivity index (χ1v) is 9.61. The summed E-state index contributed by atoms with van der Waals surface area (Å²) in [4.78, 5) is 0. The van der Waals surface area contributed by atoms with Gasteiger partial charge in [0.15, 0.2) is 0 Å². The summed E-state index contributed by atoms with van der Waals surface area (Å²) in [5.74, 6) is 4.93. The number of hydrogen-bond acceptors (Lipinski definition) is 6. The summed E-state index contributed by atoms with van der Waals surface area (Å²) in [6.45, 7) is 2.70. The van der Waals surface area contributed by atoms with Crippen LogP contribution in [0.5, 0.6) is 0 Å². The molecule has 0 aliphatic heterocycles. The fraction of sp³-hybridized carbons (Fsp3) is 0.167. The van der Waals surface area contributed by atoms with E-state index in [1.54, 1.807) is 0 Å². The normalized spacial score (nSPS) is 14.0. The van der Waals surface area contributed by atoms with Crippen molar-refractivity contribution >= 4 is 5.69 Å². The first-order chi connectivity index (χ1) is 14.4. The van der Waals surface area contributed by atoms with Crippen molar-refractivity contribution in [3.05, 3.63) is 90.7 Å². The third-order valence-electron chi connectivity index (χ3n) is 5.28. The Morgan fingerprint density at radius 1 is 0.967 bits per heavy atom. The van der Waals surface area contributed by atoms with Crippen LogP contribution in [0.4, 0.5) is 5.69 Å². The maximum Gasteiger partial charge on any atom is 0.145 e. The molecule has 0 spiro atoms. The van der Waals surface area contributed by atoms with E-state index in [0.29, 0.717) is 0 Å². The molecule has 0 heterocycles. The third-order valence-corrected chi connectivity index (χ3v) is 5.28. The molecule has 2 atom stereocenters. The summed E-state index contributed by atoms with van der Waals surface area (Å²) < 4.78 is 0. The second-order valence-electron chi connectivity index (χ2n) is 7.34. The van der Waals surface area contributed by atoms with Crippen molar-refractivity contribution in [2.45, 2.75) is 18.1 Å². The van der Waals surface area contributed by atoms with Gasteiger partial charge < -0.3 is 26.5 Å². The van der Waals surface area contributed by atoms with Crippen molar-refractivity contribution in [2.75, 3.05) is 12.0 Å². The number of benzene rings is 3. The SMILES string of the molecule is C=C(O)C(O)(CO)CC(N)c1cc(-c2ccc(NN)cc2)ccc1-c1ccccc1. The Kier molecular flexibility index (Phi) is 6.54. The van der Waals surface area contributed by atoms with E-state index in [0.717, 1.165) is 33.5 Å². The quantitative estimate of drug-likeness (QED) is 0.194. The lowest BCUT2D eigenvalue weighted by Gasteiger charge is -2.29. The number of rotatable bonds is 8. The highest BCUT2D eigenvalue weighted by atomic mass is 16.4. The number of nitrogens with two attached hydrogens (primary N) is 2. The lowest BCUT2D eigenvalue weighted by molar-refractivity contribution is -0.0245. The van der Waals surface area contributed by atoms with Crippen LogP contribution in [0, 0.1) is 0 Å². The molecule has 0 radical (unpaired) electrons. The molecule has 0 saturated heterocycles. The van der Waals surface area contributed by atoms with Gasteiger partial charge in [0.1, 0.15) is 11.4 Å². The summed E-state index contributed by atoms with van der Waals surface area (Å²) in [7, 11) is 0. The van der Waals surface area contributed by atoms with E-state index in [2.05, 4.69) is 12.0 Å². The summed E-state index contributed by atoms with van der Waals surface area (Å²) in [5, 5.41) is 29.9. The largest absolute Gasteiger partial charge is 0.510 e. The first kappa shape index (κ1) is 21.5. The Morgan fingerprint density at radius 3 is 2.17 bits per heavy atom. The predicted molar refractivity (Wildman–Crippen MR) is 120 cm³/mol. The van der Waals surface area contributed by atoms with Crippen LogP contribution in [0.2, 0.25) is 0 Å². The molecule has 3 rings (SSSR count). The second-order valence-corrected chi connectivity index (χ2v) is 7.34. The van der Waals surface area contributed by atoms with Crippen molar-refractivity contribution in [3.63, 3.8) is 0 Å². The van der Waals surface area contributed by atoms with Gasteiger partial charge in [-0.3, -0.25) is 5.84 Å². The minimum atomic E-state index is -1.88. The average molecular weight is 405 g/mol. The molecule has 2 unspecified atom stereocenters. The molecule has 3 aromatic carbocycles. The Bertz CT molecular complexity index is 1010. The third kappa shape index (κ3) is 4.53. The summed E-state index contributed by atoms with van der Waals surface area (Å²) >= 11 is 0. The Labute approximate surface area is 176 Å². The highest BCUT2D eigenvalue weighted by Crippen LogP contribution is 2.35. The van der Waals surface area contributed by atoms with Crippen LogP contribution in [0.1, 0.15) is 18.0 Å². The average Bonchev–Trinajstić information content (AvgIpc) is 2.79. The Morgan fingerprint density at radius 2 is 1.60 bits per heavy atom. The zero-order chi connectivity index (χ0) is 21.7. The number of hydrazine groups is 1. The number of nitrogen functional groups attached to an aromatic ring is 1. The zero-order valence-electron chi connectivity index (χ0n) is 16.6. The number of anilines is 1. The van der Waals surface area contributed by atoms with Crippen LogP contribution in [0.25, 0.3) is 22.3 Å².